The molecule has 1 unspecified atom stereocenters. The van der Waals surface area contributed by atoms with Gasteiger partial charge in [-0.15, -0.1) is 0 Å². The van der Waals surface area contributed by atoms with E-state index in [1.165, 1.54) is 4.90 Å². The Morgan fingerprint density at radius 1 is 1.47 bits per heavy atom. The minimum atomic E-state index is -0.0228. The van der Waals surface area contributed by atoms with Crippen LogP contribution in [0.1, 0.15) is 6.92 Å². The van der Waals surface area contributed by atoms with E-state index < -0.39 is 0 Å². The van der Waals surface area contributed by atoms with Crippen LogP contribution in [0.25, 0.3) is 0 Å². The first-order valence-electron chi connectivity index (χ1n) is 6.24. The fourth-order valence-corrected chi connectivity index (χ4v) is 1.54. The van der Waals surface area contributed by atoms with E-state index in [0.717, 1.165) is 12.3 Å². The summed E-state index contributed by atoms with van der Waals surface area (Å²) in [5.74, 6) is 1.61. The van der Waals surface area contributed by atoms with Crippen LogP contribution >= 0.6 is 11.8 Å². The lowest BCUT2D eigenvalue weighted by atomic mass is 10.4. The molecule has 0 aromatic rings. The predicted octanol–water partition coefficient (Wildman–Crippen LogP) is 0.00770. The Kier molecular flexibility index (Phi) is 10.4. The van der Waals surface area contributed by atoms with Gasteiger partial charge in [0.2, 0.25) is 5.91 Å². The summed E-state index contributed by atoms with van der Waals surface area (Å²) in [6, 6.07) is 0.139. The van der Waals surface area contributed by atoms with Crippen LogP contribution in [0.3, 0.4) is 0 Å². The summed E-state index contributed by atoms with van der Waals surface area (Å²) in [5, 5.41) is 6.40. The predicted molar refractivity (Wildman–Crippen MR) is 81.9 cm³/mol. The van der Waals surface area contributed by atoms with E-state index in [0.29, 0.717) is 12.6 Å². The third-order valence-corrected chi connectivity index (χ3v) is 2.88. The standard InChI is InChI=1S/C12H26N4O2S/c1-10(9-18-4)15-12(13-6-7-19-5)14-8-11(17)16(2)3/h10H,6-9H2,1-5H3,(H2,13,14,15). The minimum Gasteiger partial charge on any atom is -0.383 e. The zero-order valence-electron chi connectivity index (χ0n) is 12.5. The monoisotopic (exact) mass is 290 g/mol. The van der Waals surface area contributed by atoms with Gasteiger partial charge in [0.05, 0.1) is 6.61 Å². The molecular formula is C12H26N4O2S. The molecule has 0 aliphatic heterocycles. The largest absolute Gasteiger partial charge is 0.383 e. The SMILES string of the molecule is COCC(C)NC(=NCC(=O)N(C)C)NCCSC. The number of hydrogen-bond donors (Lipinski definition) is 2. The Labute approximate surface area is 120 Å². The number of ether oxygens (including phenoxy) is 1. The second kappa shape index (κ2) is 10.9. The number of aliphatic imine (C=N–C) groups is 1. The molecule has 0 saturated heterocycles. The number of methoxy groups -OCH3 is 1. The van der Waals surface area contributed by atoms with Gasteiger partial charge in [-0.1, -0.05) is 0 Å². The Morgan fingerprint density at radius 2 is 2.16 bits per heavy atom. The van der Waals surface area contributed by atoms with Gasteiger partial charge in [-0.3, -0.25) is 4.79 Å². The number of carbonyl (C=O) groups is 1. The van der Waals surface area contributed by atoms with Crippen molar-refractivity contribution in [2.45, 2.75) is 13.0 Å². The van der Waals surface area contributed by atoms with Crippen LogP contribution in [-0.4, -0.2) is 75.7 Å². The molecule has 2 N–H and O–H groups in total. The molecule has 0 heterocycles. The summed E-state index contributed by atoms with van der Waals surface area (Å²) >= 11 is 1.76. The smallest absolute Gasteiger partial charge is 0.243 e. The second-order valence-electron chi connectivity index (χ2n) is 4.37. The van der Waals surface area contributed by atoms with Crippen LogP contribution in [0.5, 0.6) is 0 Å². The van der Waals surface area contributed by atoms with Crippen molar-refractivity contribution in [3.63, 3.8) is 0 Å². The second-order valence-corrected chi connectivity index (χ2v) is 5.36. The summed E-state index contributed by atoms with van der Waals surface area (Å²) in [6.07, 6.45) is 2.05. The Hall–Kier alpha value is -0.950. The normalized spacial score (nSPS) is 13.0. The number of hydrogen-bond acceptors (Lipinski definition) is 4. The van der Waals surface area contributed by atoms with Gasteiger partial charge in [0, 0.05) is 39.5 Å². The fourth-order valence-electron chi connectivity index (χ4n) is 1.24. The van der Waals surface area contributed by atoms with E-state index in [-0.39, 0.29) is 18.5 Å². The summed E-state index contributed by atoms with van der Waals surface area (Å²) in [4.78, 5) is 17.3. The van der Waals surface area contributed by atoms with Crippen molar-refractivity contribution in [2.24, 2.45) is 4.99 Å². The maximum absolute atomic E-state index is 11.5. The molecule has 0 spiro atoms. The average Bonchev–Trinajstić information content (AvgIpc) is 2.35. The molecule has 19 heavy (non-hydrogen) atoms. The lowest BCUT2D eigenvalue weighted by Crippen LogP contribution is -2.45. The molecule has 1 atom stereocenters. The van der Waals surface area contributed by atoms with Gasteiger partial charge in [-0.2, -0.15) is 11.8 Å². The number of nitrogens with one attached hydrogen (secondary N) is 2. The van der Waals surface area contributed by atoms with Crippen molar-refractivity contribution in [1.29, 1.82) is 0 Å². The lowest BCUT2D eigenvalue weighted by Gasteiger charge is -2.18. The third-order valence-electron chi connectivity index (χ3n) is 2.27. The van der Waals surface area contributed by atoms with Crippen molar-refractivity contribution >= 4 is 23.6 Å². The first kappa shape index (κ1) is 18.0. The molecule has 0 aliphatic rings. The van der Waals surface area contributed by atoms with Crippen molar-refractivity contribution in [2.75, 3.05) is 52.9 Å². The number of thioether (sulfide) groups is 1. The van der Waals surface area contributed by atoms with Crippen LogP contribution in [0.2, 0.25) is 0 Å². The average molecular weight is 290 g/mol. The minimum absolute atomic E-state index is 0.0228. The van der Waals surface area contributed by atoms with Crippen LogP contribution < -0.4 is 10.6 Å². The molecule has 0 aromatic carbocycles. The fraction of sp³-hybridized carbons (Fsp3) is 0.833. The Bertz CT molecular complexity index is 285. The van der Waals surface area contributed by atoms with Crippen molar-refractivity contribution < 1.29 is 9.53 Å². The van der Waals surface area contributed by atoms with E-state index in [1.807, 2.05) is 6.92 Å². The Balaban J connectivity index is 4.38. The maximum atomic E-state index is 11.5. The number of guanidine groups is 1. The molecule has 0 fully saturated rings. The third kappa shape index (κ3) is 9.61. The van der Waals surface area contributed by atoms with Crippen LogP contribution in [-0.2, 0) is 9.53 Å². The molecule has 0 rings (SSSR count). The quantitative estimate of drug-likeness (QED) is 0.374. The molecule has 1 amide bonds. The highest BCUT2D eigenvalue weighted by atomic mass is 32.2. The summed E-state index contributed by atoms with van der Waals surface area (Å²) in [6.45, 7) is 3.54. The molecule has 112 valence electrons. The zero-order chi connectivity index (χ0) is 14.7. The van der Waals surface area contributed by atoms with Gasteiger partial charge in [0.25, 0.3) is 0 Å². The van der Waals surface area contributed by atoms with E-state index >= 15 is 0 Å². The number of likely N-dealkylation sites (N-methyl/N-ethyl adjacent to an activating group) is 1. The van der Waals surface area contributed by atoms with E-state index in [9.17, 15) is 4.79 Å². The summed E-state index contributed by atoms with van der Waals surface area (Å²) < 4.78 is 5.07. The van der Waals surface area contributed by atoms with Crippen molar-refractivity contribution in [1.82, 2.24) is 15.5 Å². The zero-order valence-corrected chi connectivity index (χ0v) is 13.3. The van der Waals surface area contributed by atoms with Gasteiger partial charge >= 0.3 is 0 Å². The van der Waals surface area contributed by atoms with E-state index in [1.54, 1.807) is 33.0 Å². The molecule has 0 aliphatic carbocycles. The van der Waals surface area contributed by atoms with Gasteiger partial charge < -0.3 is 20.3 Å². The highest BCUT2D eigenvalue weighted by Crippen LogP contribution is 1.89. The van der Waals surface area contributed by atoms with E-state index in [2.05, 4.69) is 21.9 Å². The molecule has 6 nitrogen and oxygen atoms in total. The van der Waals surface area contributed by atoms with Gasteiger partial charge in [-0.25, -0.2) is 4.99 Å². The topological polar surface area (TPSA) is 66.0 Å². The summed E-state index contributed by atoms with van der Waals surface area (Å²) in [7, 11) is 5.10. The molecular weight excluding hydrogens is 264 g/mol. The van der Waals surface area contributed by atoms with Crippen LogP contribution in [0.4, 0.5) is 0 Å². The molecule has 0 aromatic heterocycles. The van der Waals surface area contributed by atoms with E-state index in [4.69, 9.17) is 4.74 Å². The first-order chi connectivity index (χ1) is 9.01. The van der Waals surface area contributed by atoms with Crippen molar-refractivity contribution in [3.05, 3.63) is 0 Å². The number of carbonyl (C=O) groups excluding carboxylic acids is 1. The molecule has 0 saturated carbocycles. The number of nitrogens with zero attached hydrogens (tertiary/aromatic N) is 2. The molecule has 7 heteroatoms. The van der Waals surface area contributed by atoms with Crippen LogP contribution in [0.15, 0.2) is 4.99 Å². The van der Waals surface area contributed by atoms with Gasteiger partial charge in [0.15, 0.2) is 5.96 Å². The van der Waals surface area contributed by atoms with Gasteiger partial charge in [-0.05, 0) is 13.2 Å². The maximum Gasteiger partial charge on any atom is 0.243 e. The highest BCUT2D eigenvalue weighted by molar-refractivity contribution is 7.98. The summed E-state index contributed by atoms with van der Waals surface area (Å²) in [5.41, 5.74) is 0. The number of rotatable bonds is 8. The number of amides is 1. The lowest BCUT2D eigenvalue weighted by molar-refractivity contribution is -0.127. The first-order valence-corrected chi connectivity index (χ1v) is 7.63. The highest BCUT2D eigenvalue weighted by Gasteiger charge is 2.07. The van der Waals surface area contributed by atoms with Crippen molar-refractivity contribution in [3.8, 4) is 0 Å². The molecule has 0 bridgehead atoms. The molecule has 0 radical (unpaired) electrons. The van der Waals surface area contributed by atoms with Gasteiger partial charge in [0.1, 0.15) is 6.54 Å². The Morgan fingerprint density at radius 3 is 2.68 bits per heavy atom. The van der Waals surface area contributed by atoms with Crippen LogP contribution in [0, 0.1) is 0 Å².